The zero-order valence-electron chi connectivity index (χ0n) is 9.29. The van der Waals surface area contributed by atoms with Gasteiger partial charge in [-0.25, -0.2) is 0 Å². The van der Waals surface area contributed by atoms with Crippen molar-refractivity contribution in [1.82, 2.24) is 0 Å². The highest BCUT2D eigenvalue weighted by atomic mass is 16.5. The number of rotatable bonds is 5. The molecule has 2 N–H and O–H groups in total. The van der Waals surface area contributed by atoms with Crippen molar-refractivity contribution in [1.29, 1.82) is 0 Å². The number of carbonyl (C=O) groups is 1. The summed E-state index contributed by atoms with van der Waals surface area (Å²) in [5, 5.41) is 19.4. The third kappa shape index (κ3) is 3.08. The van der Waals surface area contributed by atoms with Gasteiger partial charge in [-0.1, -0.05) is 0 Å². The van der Waals surface area contributed by atoms with Gasteiger partial charge in [0, 0.05) is 12.0 Å². The lowest BCUT2D eigenvalue weighted by molar-refractivity contribution is -0.149. The molecule has 0 fully saturated rings. The fourth-order valence-electron chi connectivity index (χ4n) is 1.38. The Morgan fingerprint density at radius 3 is 2.75 bits per heavy atom. The van der Waals surface area contributed by atoms with Gasteiger partial charge in [0.05, 0.1) is 37.8 Å². The van der Waals surface area contributed by atoms with Crippen molar-refractivity contribution in [2.45, 2.75) is 25.6 Å². The highest BCUT2D eigenvalue weighted by Crippen LogP contribution is 2.22. The van der Waals surface area contributed by atoms with Crippen LogP contribution in [0.25, 0.3) is 0 Å². The van der Waals surface area contributed by atoms with Crippen LogP contribution >= 0.6 is 0 Å². The monoisotopic (exact) mass is 228 g/mol. The molecule has 3 atom stereocenters. The van der Waals surface area contributed by atoms with E-state index in [1.165, 1.54) is 19.6 Å². The molecule has 5 nitrogen and oxygen atoms in total. The first-order valence-electron chi connectivity index (χ1n) is 5.02. The highest BCUT2D eigenvalue weighted by Gasteiger charge is 2.25. The molecule has 0 amide bonds. The molecule has 0 aromatic carbocycles. The second-order valence-electron chi connectivity index (χ2n) is 3.69. The van der Waals surface area contributed by atoms with Crippen LogP contribution in [0, 0.1) is 5.92 Å². The van der Waals surface area contributed by atoms with E-state index in [0.29, 0.717) is 5.56 Å². The largest absolute Gasteiger partial charge is 0.472 e. The Kier molecular flexibility index (Phi) is 4.52. The maximum Gasteiger partial charge on any atom is 0.311 e. The molecular formula is C11H16O5. The number of methoxy groups -OCH3 is 1. The summed E-state index contributed by atoms with van der Waals surface area (Å²) in [6.45, 7) is 1.55. The third-order valence-electron chi connectivity index (χ3n) is 2.54. The van der Waals surface area contributed by atoms with E-state index in [0.717, 1.165) is 0 Å². The number of aliphatic hydroxyl groups excluding tert-OH is 2. The molecule has 0 bridgehead atoms. The van der Waals surface area contributed by atoms with Crippen LogP contribution in [0.5, 0.6) is 0 Å². The molecule has 2 unspecified atom stereocenters. The number of esters is 1. The second-order valence-corrected chi connectivity index (χ2v) is 3.69. The van der Waals surface area contributed by atoms with Crippen LogP contribution in [-0.4, -0.2) is 29.4 Å². The SMILES string of the molecule is COC(=O)C(C)C(O)C[C@H](O)c1ccoc1. The second kappa shape index (κ2) is 5.67. The van der Waals surface area contributed by atoms with Crippen molar-refractivity contribution in [2.24, 2.45) is 5.92 Å². The predicted octanol–water partition coefficient (Wildman–Crippen LogP) is 0.873. The average molecular weight is 228 g/mol. The van der Waals surface area contributed by atoms with Gasteiger partial charge in [0.2, 0.25) is 0 Å². The molecule has 0 spiro atoms. The van der Waals surface area contributed by atoms with Gasteiger partial charge in [-0.2, -0.15) is 0 Å². The van der Waals surface area contributed by atoms with Gasteiger partial charge >= 0.3 is 5.97 Å². The van der Waals surface area contributed by atoms with Crippen molar-refractivity contribution in [3.8, 4) is 0 Å². The van der Waals surface area contributed by atoms with Gasteiger partial charge in [0.1, 0.15) is 0 Å². The first-order chi connectivity index (χ1) is 7.56. The summed E-state index contributed by atoms with van der Waals surface area (Å²) in [5.41, 5.74) is 0.580. The topological polar surface area (TPSA) is 79.9 Å². The quantitative estimate of drug-likeness (QED) is 0.731. The smallest absolute Gasteiger partial charge is 0.311 e. The summed E-state index contributed by atoms with van der Waals surface area (Å²) in [4.78, 5) is 11.1. The van der Waals surface area contributed by atoms with E-state index in [2.05, 4.69) is 4.74 Å². The molecule has 1 aromatic rings. The third-order valence-corrected chi connectivity index (χ3v) is 2.54. The molecule has 1 heterocycles. The number of carbonyl (C=O) groups excluding carboxylic acids is 1. The summed E-state index contributed by atoms with van der Waals surface area (Å²) in [6.07, 6.45) is 1.11. The molecule has 0 aliphatic heterocycles. The lowest BCUT2D eigenvalue weighted by Gasteiger charge is -2.19. The molecule has 16 heavy (non-hydrogen) atoms. The molecule has 1 rings (SSSR count). The van der Waals surface area contributed by atoms with Crippen molar-refractivity contribution in [3.63, 3.8) is 0 Å². The van der Waals surface area contributed by atoms with Gasteiger partial charge in [-0.05, 0) is 13.0 Å². The van der Waals surface area contributed by atoms with E-state index < -0.39 is 24.1 Å². The molecule has 0 aliphatic carbocycles. The summed E-state index contributed by atoms with van der Waals surface area (Å²) < 4.78 is 9.32. The van der Waals surface area contributed by atoms with Gasteiger partial charge in [0.15, 0.2) is 0 Å². The van der Waals surface area contributed by atoms with Crippen LogP contribution in [-0.2, 0) is 9.53 Å². The number of furan rings is 1. The normalized spacial score (nSPS) is 16.5. The Labute approximate surface area is 93.6 Å². The summed E-state index contributed by atoms with van der Waals surface area (Å²) in [5.74, 6) is -1.15. The van der Waals surface area contributed by atoms with Gasteiger partial charge in [-0.15, -0.1) is 0 Å². The van der Waals surface area contributed by atoms with E-state index in [-0.39, 0.29) is 6.42 Å². The van der Waals surface area contributed by atoms with Crippen molar-refractivity contribution in [3.05, 3.63) is 24.2 Å². The first kappa shape index (κ1) is 12.7. The lowest BCUT2D eigenvalue weighted by Crippen LogP contribution is -2.28. The fourth-order valence-corrected chi connectivity index (χ4v) is 1.38. The van der Waals surface area contributed by atoms with Crippen LogP contribution in [0.3, 0.4) is 0 Å². The van der Waals surface area contributed by atoms with Crippen molar-refractivity contribution in [2.75, 3.05) is 7.11 Å². The maximum absolute atomic E-state index is 11.1. The minimum Gasteiger partial charge on any atom is -0.472 e. The van der Waals surface area contributed by atoms with E-state index >= 15 is 0 Å². The Balaban J connectivity index is 2.51. The predicted molar refractivity (Wildman–Crippen MR) is 55.5 cm³/mol. The summed E-state index contributed by atoms with van der Waals surface area (Å²) >= 11 is 0. The molecule has 0 radical (unpaired) electrons. The number of hydrogen-bond donors (Lipinski definition) is 2. The highest BCUT2D eigenvalue weighted by molar-refractivity contribution is 5.72. The van der Waals surface area contributed by atoms with Crippen LogP contribution in [0.15, 0.2) is 23.0 Å². The van der Waals surface area contributed by atoms with E-state index in [4.69, 9.17) is 4.42 Å². The minimum absolute atomic E-state index is 0.0653. The summed E-state index contributed by atoms with van der Waals surface area (Å²) in [6, 6.07) is 1.61. The fraction of sp³-hybridized carbons (Fsp3) is 0.545. The van der Waals surface area contributed by atoms with Gasteiger partial charge in [-0.3, -0.25) is 4.79 Å². The van der Waals surface area contributed by atoms with Crippen LogP contribution in [0.4, 0.5) is 0 Å². The first-order valence-corrected chi connectivity index (χ1v) is 5.02. The zero-order valence-corrected chi connectivity index (χ0v) is 9.29. The minimum atomic E-state index is -0.947. The molecule has 90 valence electrons. The van der Waals surface area contributed by atoms with Crippen LogP contribution in [0.2, 0.25) is 0 Å². The Morgan fingerprint density at radius 1 is 1.56 bits per heavy atom. The zero-order chi connectivity index (χ0) is 12.1. The van der Waals surface area contributed by atoms with E-state index in [1.54, 1.807) is 13.0 Å². The number of aliphatic hydroxyl groups is 2. The maximum atomic E-state index is 11.1. The van der Waals surface area contributed by atoms with Crippen LogP contribution in [0.1, 0.15) is 25.0 Å². The van der Waals surface area contributed by atoms with Gasteiger partial charge in [0.25, 0.3) is 0 Å². The number of ether oxygens (including phenoxy) is 1. The summed E-state index contributed by atoms with van der Waals surface area (Å²) in [7, 11) is 1.26. The molecule has 5 heteroatoms. The Bertz CT molecular complexity index is 319. The van der Waals surface area contributed by atoms with Crippen LogP contribution < -0.4 is 0 Å². The molecule has 0 saturated carbocycles. The van der Waals surface area contributed by atoms with E-state index in [9.17, 15) is 15.0 Å². The van der Waals surface area contributed by atoms with Crippen molar-refractivity contribution < 1.29 is 24.2 Å². The molecular weight excluding hydrogens is 212 g/mol. The molecule has 0 saturated heterocycles. The average Bonchev–Trinajstić information content (AvgIpc) is 2.80. The van der Waals surface area contributed by atoms with Gasteiger partial charge < -0.3 is 19.4 Å². The standard InChI is InChI=1S/C11H16O5/c1-7(11(14)15-2)9(12)5-10(13)8-3-4-16-6-8/h3-4,6-7,9-10,12-13H,5H2,1-2H3/t7?,9?,10-/m0/s1. The molecule has 1 aromatic heterocycles. The Hall–Kier alpha value is -1.33. The molecule has 0 aliphatic rings. The van der Waals surface area contributed by atoms with E-state index in [1.807, 2.05) is 0 Å². The number of hydrogen-bond acceptors (Lipinski definition) is 5. The van der Waals surface area contributed by atoms with Crippen molar-refractivity contribution >= 4 is 5.97 Å². The lowest BCUT2D eigenvalue weighted by atomic mass is 9.97. The Morgan fingerprint density at radius 2 is 2.25 bits per heavy atom.